The number of hydrogen-bond donors (Lipinski definition) is 3. The Morgan fingerprint density at radius 3 is 1.01 bits per heavy atom. The SMILES string of the molecule is CCCCCCCC/C=C\CCCCCCCCCC(=O)OCCCCCCCCCCCCCCCCCCC(=O)NC(CO)C(O)CCCCCCCCCCCCCCCCCCCCCC. The fraction of sp³-hybridized carbons (Fsp3) is 0.938. The Balaban J connectivity index is 3.41. The van der Waals surface area contributed by atoms with Gasteiger partial charge in [0.2, 0.25) is 5.91 Å². The van der Waals surface area contributed by atoms with E-state index in [2.05, 4.69) is 31.3 Å². The van der Waals surface area contributed by atoms with Gasteiger partial charge in [0.25, 0.3) is 0 Å². The van der Waals surface area contributed by atoms with Crippen molar-refractivity contribution in [1.29, 1.82) is 0 Å². The van der Waals surface area contributed by atoms with Crippen LogP contribution in [0.3, 0.4) is 0 Å². The van der Waals surface area contributed by atoms with Crippen LogP contribution in [0.15, 0.2) is 12.2 Å². The third-order valence-corrected chi connectivity index (χ3v) is 15.1. The number of aliphatic hydroxyl groups is 2. The molecule has 416 valence electrons. The van der Waals surface area contributed by atoms with Crippen LogP contribution in [0.25, 0.3) is 0 Å². The maximum Gasteiger partial charge on any atom is 0.305 e. The molecular formula is C64H125NO5. The van der Waals surface area contributed by atoms with Gasteiger partial charge >= 0.3 is 5.97 Å². The average molecular weight is 989 g/mol. The molecule has 0 aromatic rings. The minimum absolute atomic E-state index is 0.00107. The Morgan fingerprint density at radius 1 is 0.386 bits per heavy atom. The second kappa shape index (κ2) is 60.2. The number of esters is 1. The second-order valence-electron chi connectivity index (χ2n) is 22.1. The van der Waals surface area contributed by atoms with Crippen molar-refractivity contribution >= 4 is 11.9 Å². The number of aliphatic hydroxyl groups excluding tert-OH is 2. The summed E-state index contributed by atoms with van der Waals surface area (Å²) in [5.41, 5.74) is 0. The van der Waals surface area contributed by atoms with Gasteiger partial charge < -0.3 is 20.3 Å². The zero-order valence-corrected chi connectivity index (χ0v) is 47.5. The molecule has 0 saturated carbocycles. The van der Waals surface area contributed by atoms with E-state index in [0.29, 0.717) is 25.9 Å². The van der Waals surface area contributed by atoms with Gasteiger partial charge in [-0.1, -0.05) is 309 Å². The van der Waals surface area contributed by atoms with E-state index in [-0.39, 0.29) is 18.5 Å². The van der Waals surface area contributed by atoms with Crippen molar-refractivity contribution in [2.75, 3.05) is 13.2 Å². The van der Waals surface area contributed by atoms with Gasteiger partial charge in [-0.05, 0) is 51.4 Å². The van der Waals surface area contributed by atoms with E-state index in [9.17, 15) is 19.8 Å². The predicted octanol–water partition coefficient (Wildman–Crippen LogP) is 20.0. The van der Waals surface area contributed by atoms with Crippen LogP contribution >= 0.6 is 0 Å². The molecule has 2 atom stereocenters. The topological polar surface area (TPSA) is 95.9 Å². The summed E-state index contributed by atoms with van der Waals surface area (Å²) in [5, 5.41) is 23.4. The van der Waals surface area contributed by atoms with Crippen LogP contribution < -0.4 is 5.32 Å². The standard InChI is InChI=1S/C64H125NO5/c1-3-5-7-9-11-13-15-17-19-21-22-23-25-28-32-36-40-44-48-52-56-62(67)61(60-66)65-63(68)57-53-49-45-41-37-33-29-26-27-31-35-39-43-47-51-55-59-70-64(69)58-54-50-46-42-38-34-30-24-20-18-16-14-12-10-8-6-4-2/h18,20,61-62,66-67H,3-17,19,21-60H2,1-2H3,(H,65,68)/b20-18-. The van der Waals surface area contributed by atoms with Gasteiger partial charge in [-0.2, -0.15) is 0 Å². The van der Waals surface area contributed by atoms with Crippen LogP contribution in [0.1, 0.15) is 361 Å². The number of rotatable bonds is 60. The van der Waals surface area contributed by atoms with Crippen molar-refractivity contribution in [1.82, 2.24) is 5.32 Å². The highest BCUT2D eigenvalue weighted by Gasteiger charge is 2.20. The van der Waals surface area contributed by atoms with Crippen LogP contribution in [0.4, 0.5) is 0 Å². The number of carbonyl (C=O) groups excluding carboxylic acids is 2. The molecule has 70 heavy (non-hydrogen) atoms. The van der Waals surface area contributed by atoms with E-state index < -0.39 is 12.1 Å². The maximum absolute atomic E-state index is 12.5. The average Bonchev–Trinajstić information content (AvgIpc) is 3.36. The molecule has 0 aliphatic heterocycles. The summed E-state index contributed by atoms with van der Waals surface area (Å²) < 4.78 is 5.49. The number of ether oxygens (including phenoxy) is 1. The number of amides is 1. The third kappa shape index (κ3) is 55.9. The Hall–Kier alpha value is -1.40. The van der Waals surface area contributed by atoms with Gasteiger partial charge in [0.05, 0.1) is 25.4 Å². The largest absolute Gasteiger partial charge is 0.466 e. The molecule has 0 rings (SSSR count). The van der Waals surface area contributed by atoms with E-state index in [4.69, 9.17) is 4.74 Å². The summed E-state index contributed by atoms with van der Waals surface area (Å²) in [5.74, 6) is -0.0368. The minimum Gasteiger partial charge on any atom is -0.466 e. The maximum atomic E-state index is 12.5. The van der Waals surface area contributed by atoms with E-state index in [1.165, 1.54) is 283 Å². The quantitative estimate of drug-likeness (QED) is 0.0321. The number of hydrogen-bond acceptors (Lipinski definition) is 5. The second-order valence-corrected chi connectivity index (χ2v) is 22.1. The number of unbranched alkanes of at least 4 members (excludes halogenated alkanes) is 47. The molecule has 0 fully saturated rings. The van der Waals surface area contributed by atoms with Crippen molar-refractivity contribution in [2.24, 2.45) is 0 Å². The van der Waals surface area contributed by atoms with Crippen molar-refractivity contribution in [3.05, 3.63) is 12.2 Å². The first-order chi connectivity index (χ1) is 34.5. The molecule has 0 spiro atoms. The summed E-state index contributed by atoms with van der Waals surface area (Å²) in [7, 11) is 0. The molecule has 0 aromatic heterocycles. The zero-order chi connectivity index (χ0) is 50.7. The number of allylic oxidation sites excluding steroid dienone is 2. The third-order valence-electron chi connectivity index (χ3n) is 15.1. The first-order valence-corrected chi connectivity index (χ1v) is 31.9. The molecule has 0 radical (unpaired) electrons. The molecule has 0 aromatic carbocycles. The van der Waals surface area contributed by atoms with Crippen molar-refractivity contribution in [3.8, 4) is 0 Å². The summed E-state index contributed by atoms with van der Waals surface area (Å²) in [6.45, 7) is 4.97. The van der Waals surface area contributed by atoms with Crippen LogP contribution in [0, 0.1) is 0 Å². The number of nitrogens with one attached hydrogen (secondary N) is 1. The minimum atomic E-state index is -0.669. The lowest BCUT2D eigenvalue weighted by molar-refractivity contribution is -0.143. The van der Waals surface area contributed by atoms with Crippen LogP contribution in [-0.4, -0.2) is 47.4 Å². The lowest BCUT2D eigenvalue weighted by atomic mass is 10.0. The molecular weight excluding hydrogens is 863 g/mol. The van der Waals surface area contributed by atoms with E-state index >= 15 is 0 Å². The van der Waals surface area contributed by atoms with Crippen LogP contribution in [0.5, 0.6) is 0 Å². The lowest BCUT2D eigenvalue weighted by Crippen LogP contribution is -2.45. The highest BCUT2D eigenvalue weighted by molar-refractivity contribution is 5.76. The first kappa shape index (κ1) is 68.6. The summed E-state index contributed by atoms with van der Waals surface area (Å²) in [6, 6.07) is -0.547. The number of carbonyl (C=O) groups is 2. The van der Waals surface area contributed by atoms with Crippen LogP contribution in [0.2, 0.25) is 0 Å². The summed E-state index contributed by atoms with van der Waals surface area (Å²) in [6.07, 6.45) is 72.2. The lowest BCUT2D eigenvalue weighted by Gasteiger charge is -2.22. The normalized spacial score (nSPS) is 12.6. The Kier molecular flexibility index (Phi) is 59.0. The fourth-order valence-corrected chi connectivity index (χ4v) is 10.2. The van der Waals surface area contributed by atoms with E-state index in [1.54, 1.807) is 0 Å². The Bertz CT molecular complexity index is 1050. The van der Waals surface area contributed by atoms with Crippen molar-refractivity contribution in [2.45, 2.75) is 373 Å². The monoisotopic (exact) mass is 988 g/mol. The molecule has 0 saturated heterocycles. The van der Waals surface area contributed by atoms with Crippen LogP contribution in [-0.2, 0) is 14.3 Å². The van der Waals surface area contributed by atoms with Gasteiger partial charge in [0.1, 0.15) is 0 Å². The molecule has 2 unspecified atom stereocenters. The first-order valence-electron chi connectivity index (χ1n) is 31.9. The molecule has 0 aliphatic carbocycles. The molecule has 6 nitrogen and oxygen atoms in total. The van der Waals surface area contributed by atoms with Gasteiger partial charge in [0, 0.05) is 12.8 Å². The molecule has 0 bridgehead atoms. The van der Waals surface area contributed by atoms with Crippen molar-refractivity contribution < 1.29 is 24.5 Å². The molecule has 6 heteroatoms. The summed E-state index contributed by atoms with van der Waals surface area (Å²) in [4.78, 5) is 24.6. The van der Waals surface area contributed by atoms with E-state index in [1.807, 2.05) is 0 Å². The molecule has 0 aliphatic rings. The molecule has 3 N–H and O–H groups in total. The fourth-order valence-electron chi connectivity index (χ4n) is 10.2. The van der Waals surface area contributed by atoms with Gasteiger partial charge in [-0.15, -0.1) is 0 Å². The summed E-state index contributed by atoms with van der Waals surface area (Å²) >= 11 is 0. The zero-order valence-electron chi connectivity index (χ0n) is 47.5. The predicted molar refractivity (Wildman–Crippen MR) is 306 cm³/mol. The van der Waals surface area contributed by atoms with Gasteiger partial charge in [-0.25, -0.2) is 0 Å². The van der Waals surface area contributed by atoms with E-state index in [0.717, 1.165) is 44.9 Å². The highest BCUT2D eigenvalue weighted by atomic mass is 16.5. The smallest absolute Gasteiger partial charge is 0.305 e. The highest BCUT2D eigenvalue weighted by Crippen LogP contribution is 2.18. The molecule has 0 heterocycles. The Labute approximate surface area is 438 Å². The van der Waals surface area contributed by atoms with Crippen molar-refractivity contribution in [3.63, 3.8) is 0 Å². The molecule has 1 amide bonds. The van der Waals surface area contributed by atoms with Gasteiger partial charge in [0.15, 0.2) is 0 Å². The Morgan fingerprint density at radius 2 is 0.671 bits per heavy atom. The van der Waals surface area contributed by atoms with Gasteiger partial charge in [-0.3, -0.25) is 9.59 Å².